The molecule has 0 bridgehead atoms. The fourth-order valence-corrected chi connectivity index (χ4v) is 3.50. The van der Waals surface area contributed by atoms with Crippen LogP contribution < -0.4 is 14.8 Å². The average Bonchev–Trinajstić information content (AvgIpc) is 2.78. The Bertz CT molecular complexity index is 1130. The quantitative estimate of drug-likeness (QED) is 0.350. The van der Waals surface area contributed by atoms with Gasteiger partial charge in [0.05, 0.1) is 36.4 Å². The summed E-state index contributed by atoms with van der Waals surface area (Å²) < 4.78 is 50.6. The van der Waals surface area contributed by atoms with E-state index in [0.717, 1.165) is 17.8 Å². The predicted octanol–water partition coefficient (Wildman–Crippen LogP) is 5.56. The van der Waals surface area contributed by atoms with E-state index in [1.54, 1.807) is 36.4 Å². The molecule has 2 aromatic carbocycles. The number of rotatable bonds is 7. The molecular formula is C21H17ClF3N3O3S. The Morgan fingerprint density at radius 1 is 1.06 bits per heavy atom. The Kier molecular flexibility index (Phi) is 7.47. The van der Waals surface area contributed by atoms with Crippen LogP contribution in [0.25, 0.3) is 11.3 Å². The standard InChI is InChI=1S/C21H17ClF3N3O3S/c1-30-16-8-7-12(9-17(16)31-2)15-10-18(21(23,24)25)28-20(27-15)32-11-19(29)26-14-6-4-3-5-13(14)22/h3-10H,11H2,1-2H3,(H,26,29). The highest BCUT2D eigenvalue weighted by Gasteiger charge is 2.34. The Morgan fingerprint density at radius 3 is 2.44 bits per heavy atom. The average molecular weight is 484 g/mol. The number of aromatic nitrogens is 2. The van der Waals surface area contributed by atoms with Crippen LogP contribution in [0.3, 0.4) is 0 Å². The number of benzene rings is 2. The summed E-state index contributed by atoms with van der Waals surface area (Å²) in [4.78, 5) is 20.0. The van der Waals surface area contributed by atoms with Crippen LogP contribution in [0.1, 0.15) is 5.69 Å². The van der Waals surface area contributed by atoms with Crippen LogP contribution >= 0.6 is 23.4 Å². The molecule has 0 saturated heterocycles. The number of hydrogen-bond acceptors (Lipinski definition) is 6. The van der Waals surface area contributed by atoms with Gasteiger partial charge in [-0.2, -0.15) is 13.2 Å². The topological polar surface area (TPSA) is 73.3 Å². The van der Waals surface area contributed by atoms with Crippen LogP contribution in [0, 0.1) is 0 Å². The van der Waals surface area contributed by atoms with Crippen LogP contribution in [0.15, 0.2) is 53.7 Å². The van der Waals surface area contributed by atoms with Crippen LogP contribution in [0.5, 0.6) is 11.5 Å². The van der Waals surface area contributed by atoms with Crippen LogP contribution in [-0.2, 0) is 11.0 Å². The first-order valence-electron chi connectivity index (χ1n) is 9.07. The summed E-state index contributed by atoms with van der Waals surface area (Å²) in [6.45, 7) is 0. The molecule has 1 heterocycles. The summed E-state index contributed by atoms with van der Waals surface area (Å²) in [6, 6.07) is 12.1. The lowest BCUT2D eigenvalue weighted by Crippen LogP contribution is -2.15. The molecule has 1 amide bonds. The van der Waals surface area contributed by atoms with E-state index in [1.807, 2.05) is 0 Å². The number of anilines is 1. The second kappa shape index (κ2) is 10.1. The minimum Gasteiger partial charge on any atom is -0.493 e. The maximum Gasteiger partial charge on any atom is 0.433 e. The van der Waals surface area contributed by atoms with Crippen molar-refractivity contribution in [2.45, 2.75) is 11.3 Å². The first-order chi connectivity index (χ1) is 15.2. The molecule has 0 saturated carbocycles. The van der Waals surface area contributed by atoms with Gasteiger partial charge < -0.3 is 14.8 Å². The van der Waals surface area contributed by atoms with Crippen LogP contribution in [0.2, 0.25) is 5.02 Å². The smallest absolute Gasteiger partial charge is 0.433 e. The van der Waals surface area contributed by atoms with Crippen LogP contribution in [-0.4, -0.2) is 35.8 Å². The molecule has 0 aliphatic rings. The number of nitrogens with one attached hydrogen (secondary N) is 1. The van der Waals surface area contributed by atoms with E-state index in [2.05, 4.69) is 15.3 Å². The monoisotopic (exact) mass is 483 g/mol. The predicted molar refractivity (Wildman–Crippen MR) is 116 cm³/mol. The van der Waals surface area contributed by atoms with Crippen molar-refractivity contribution >= 4 is 35.0 Å². The molecule has 1 N–H and O–H groups in total. The molecule has 0 spiro atoms. The highest BCUT2D eigenvalue weighted by Crippen LogP contribution is 2.35. The first-order valence-corrected chi connectivity index (χ1v) is 10.4. The van der Waals surface area contributed by atoms with E-state index in [4.69, 9.17) is 21.1 Å². The minimum absolute atomic E-state index is 0.0299. The molecule has 0 unspecified atom stereocenters. The van der Waals surface area contributed by atoms with Gasteiger partial charge in [0, 0.05) is 5.56 Å². The van der Waals surface area contributed by atoms with E-state index in [-0.39, 0.29) is 16.6 Å². The Morgan fingerprint density at radius 2 is 1.78 bits per heavy atom. The maximum absolute atomic E-state index is 13.4. The van der Waals surface area contributed by atoms with Gasteiger partial charge in [-0.05, 0) is 36.4 Å². The van der Waals surface area contributed by atoms with E-state index in [9.17, 15) is 18.0 Å². The highest BCUT2D eigenvalue weighted by atomic mass is 35.5. The van der Waals surface area contributed by atoms with Gasteiger partial charge >= 0.3 is 6.18 Å². The molecule has 168 valence electrons. The number of methoxy groups -OCH3 is 2. The van der Waals surface area contributed by atoms with Crippen molar-refractivity contribution < 1.29 is 27.4 Å². The van der Waals surface area contributed by atoms with Crippen molar-refractivity contribution in [1.82, 2.24) is 9.97 Å². The Hall–Kier alpha value is -2.98. The van der Waals surface area contributed by atoms with E-state index >= 15 is 0 Å². The number of ether oxygens (including phenoxy) is 2. The van der Waals surface area contributed by atoms with Gasteiger partial charge in [-0.3, -0.25) is 4.79 Å². The van der Waals surface area contributed by atoms with Gasteiger partial charge in [-0.1, -0.05) is 35.5 Å². The SMILES string of the molecule is COc1ccc(-c2cc(C(F)(F)F)nc(SCC(=O)Nc3ccccc3Cl)n2)cc1OC. The largest absolute Gasteiger partial charge is 0.493 e. The summed E-state index contributed by atoms with van der Waals surface area (Å²) in [7, 11) is 2.87. The van der Waals surface area contributed by atoms with Crippen molar-refractivity contribution in [3.05, 3.63) is 59.2 Å². The molecule has 3 aromatic rings. The number of carbonyl (C=O) groups excluding carboxylic acids is 1. The molecule has 0 fully saturated rings. The summed E-state index contributed by atoms with van der Waals surface area (Å²) in [6.07, 6.45) is -4.69. The Balaban J connectivity index is 1.86. The normalized spacial score (nSPS) is 11.2. The summed E-state index contributed by atoms with van der Waals surface area (Å²) >= 11 is 6.78. The molecule has 0 aliphatic carbocycles. The van der Waals surface area contributed by atoms with Gasteiger partial charge in [0.2, 0.25) is 5.91 Å². The third-order valence-corrected chi connectivity index (χ3v) is 5.33. The van der Waals surface area contributed by atoms with Gasteiger partial charge in [-0.15, -0.1) is 0 Å². The zero-order chi connectivity index (χ0) is 23.3. The number of para-hydroxylation sites is 1. The lowest BCUT2D eigenvalue weighted by Gasteiger charge is -2.12. The van der Waals surface area contributed by atoms with E-state index in [1.165, 1.54) is 20.3 Å². The molecule has 11 heteroatoms. The third-order valence-electron chi connectivity index (χ3n) is 4.16. The first kappa shape index (κ1) is 23.7. The molecule has 0 aliphatic heterocycles. The summed E-state index contributed by atoms with van der Waals surface area (Å²) in [5.74, 6) is 0.0900. The minimum atomic E-state index is -4.69. The van der Waals surface area contributed by atoms with Crippen molar-refractivity contribution in [2.75, 3.05) is 25.3 Å². The zero-order valence-electron chi connectivity index (χ0n) is 16.9. The molecule has 1 aromatic heterocycles. The lowest BCUT2D eigenvalue weighted by atomic mass is 10.1. The summed E-state index contributed by atoms with van der Waals surface area (Å²) in [5.41, 5.74) is -0.317. The molecule has 0 atom stereocenters. The maximum atomic E-state index is 13.4. The van der Waals surface area contributed by atoms with Crippen molar-refractivity contribution in [3.8, 4) is 22.8 Å². The zero-order valence-corrected chi connectivity index (χ0v) is 18.4. The third kappa shape index (κ3) is 5.83. The Labute approximate surface area is 191 Å². The highest BCUT2D eigenvalue weighted by molar-refractivity contribution is 7.99. The van der Waals surface area contributed by atoms with E-state index < -0.39 is 17.8 Å². The van der Waals surface area contributed by atoms with Gasteiger partial charge in [0.15, 0.2) is 16.7 Å². The van der Waals surface area contributed by atoms with Crippen molar-refractivity contribution in [2.24, 2.45) is 0 Å². The van der Waals surface area contributed by atoms with E-state index in [0.29, 0.717) is 27.8 Å². The lowest BCUT2D eigenvalue weighted by molar-refractivity contribution is -0.141. The molecule has 6 nitrogen and oxygen atoms in total. The van der Waals surface area contributed by atoms with Gasteiger partial charge in [0.25, 0.3) is 0 Å². The molecule has 0 radical (unpaired) electrons. The number of amides is 1. The number of halogens is 4. The second-order valence-corrected chi connectivity index (χ2v) is 7.65. The van der Waals surface area contributed by atoms with Gasteiger partial charge in [0.1, 0.15) is 5.69 Å². The summed E-state index contributed by atoms with van der Waals surface area (Å²) in [5, 5.41) is 2.75. The number of thioether (sulfide) groups is 1. The number of carbonyl (C=O) groups is 1. The second-order valence-electron chi connectivity index (χ2n) is 6.31. The molecular weight excluding hydrogens is 467 g/mol. The molecule has 3 rings (SSSR count). The number of nitrogens with zero attached hydrogens (tertiary/aromatic N) is 2. The van der Waals surface area contributed by atoms with Crippen molar-refractivity contribution in [1.29, 1.82) is 0 Å². The van der Waals surface area contributed by atoms with Crippen LogP contribution in [0.4, 0.5) is 18.9 Å². The molecule has 32 heavy (non-hydrogen) atoms. The fourth-order valence-electron chi connectivity index (χ4n) is 2.66. The number of alkyl halides is 3. The van der Waals surface area contributed by atoms with Gasteiger partial charge in [-0.25, -0.2) is 9.97 Å². The van der Waals surface area contributed by atoms with Crippen molar-refractivity contribution in [3.63, 3.8) is 0 Å². The number of hydrogen-bond donors (Lipinski definition) is 1. The fraction of sp³-hybridized carbons (Fsp3) is 0.190.